The number of aromatic hydroxyl groups is 1. The number of rotatable bonds is 6. The summed E-state index contributed by atoms with van der Waals surface area (Å²) >= 11 is 0. The lowest BCUT2D eigenvalue weighted by Crippen LogP contribution is -2.62. The third-order valence-electron chi connectivity index (χ3n) is 4.68. The Kier molecular flexibility index (Phi) is 6.88. The Hall–Kier alpha value is -1.59. The van der Waals surface area contributed by atoms with Gasteiger partial charge in [0.05, 0.1) is 18.8 Å². The van der Waals surface area contributed by atoms with Gasteiger partial charge in [0.15, 0.2) is 0 Å². The minimum absolute atomic E-state index is 0.163. The fraction of sp³-hybridized carbons (Fsp3) is 0.667. The average molecular weight is 366 g/mol. The highest BCUT2D eigenvalue weighted by molar-refractivity contribution is 5.78. The number of carbonyl (C=O) groups excluding carboxylic acids is 1. The molecule has 0 bridgehead atoms. The Labute approximate surface area is 157 Å². The quantitative estimate of drug-likeness (QED) is 0.724. The molecule has 0 heterocycles. The molecule has 1 aromatic rings. The molecule has 0 saturated carbocycles. The largest absolute Gasteiger partial charge is 0.507 e. The van der Waals surface area contributed by atoms with Gasteiger partial charge >= 0.3 is 0 Å². The van der Waals surface area contributed by atoms with Gasteiger partial charge < -0.3 is 20.2 Å². The Balaban J connectivity index is 3.07. The van der Waals surface area contributed by atoms with Crippen LogP contribution in [0.25, 0.3) is 0 Å². The first kappa shape index (κ1) is 22.5. The van der Waals surface area contributed by atoms with Crippen molar-refractivity contribution < 1.29 is 20.1 Å². The van der Waals surface area contributed by atoms with Crippen LogP contribution in [0.2, 0.25) is 0 Å². The maximum atomic E-state index is 12.9. The highest BCUT2D eigenvalue weighted by atomic mass is 16.3. The molecule has 148 valence electrons. The minimum atomic E-state index is -1.04. The molecule has 0 atom stereocenters. The molecular weight excluding hydrogens is 330 g/mol. The van der Waals surface area contributed by atoms with Gasteiger partial charge in [0.25, 0.3) is 0 Å². The van der Waals surface area contributed by atoms with Gasteiger partial charge in [-0.2, -0.15) is 0 Å². The predicted molar refractivity (Wildman–Crippen MR) is 104 cm³/mol. The molecule has 0 aliphatic rings. The Morgan fingerprint density at radius 3 is 1.96 bits per heavy atom. The number of nitrogens with zero attached hydrogens (tertiary/aromatic N) is 1. The zero-order valence-electron chi connectivity index (χ0n) is 17.3. The zero-order valence-corrected chi connectivity index (χ0v) is 17.3. The van der Waals surface area contributed by atoms with Gasteiger partial charge in [-0.3, -0.25) is 4.79 Å². The Bertz CT molecular complexity index is 622. The molecule has 0 aliphatic heterocycles. The molecule has 0 radical (unpaired) electrons. The number of carbonyl (C=O) groups is 1. The fourth-order valence-corrected chi connectivity index (χ4v) is 3.43. The van der Waals surface area contributed by atoms with E-state index in [0.717, 1.165) is 11.1 Å². The molecule has 1 aromatic carbocycles. The van der Waals surface area contributed by atoms with Gasteiger partial charge in [-0.15, -0.1) is 0 Å². The van der Waals surface area contributed by atoms with Crippen molar-refractivity contribution in [2.45, 2.75) is 77.8 Å². The number of amides is 1. The summed E-state index contributed by atoms with van der Waals surface area (Å²) in [6, 6.07) is 5.63. The molecule has 0 aliphatic carbocycles. The lowest BCUT2D eigenvalue weighted by molar-refractivity contribution is -0.150. The summed E-state index contributed by atoms with van der Waals surface area (Å²) in [6.07, 6.45) is 0.585. The van der Waals surface area contributed by atoms with Crippen LogP contribution in [-0.4, -0.2) is 50.4 Å². The molecule has 0 saturated heterocycles. The van der Waals surface area contributed by atoms with E-state index in [-0.39, 0.29) is 36.7 Å². The summed E-state index contributed by atoms with van der Waals surface area (Å²) in [5.41, 5.74) is -0.189. The average Bonchev–Trinajstić information content (AvgIpc) is 2.51. The highest BCUT2D eigenvalue weighted by Gasteiger charge is 2.40. The van der Waals surface area contributed by atoms with E-state index in [2.05, 4.69) is 0 Å². The SMILES string of the molecule is CC(C)(C)c1cccc(CCC(=O)N(C(C)(C)C)C(C)(CO)CO)c1O. The summed E-state index contributed by atoms with van der Waals surface area (Å²) in [7, 11) is 0. The molecule has 0 fully saturated rings. The van der Waals surface area contributed by atoms with Crippen molar-refractivity contribution in [3.05, 3.63) is 29.3 Å². The van der Waals surface area contributed by atoms with Crippen LogP contribution in [0.1, 0.15) is 66.0 Å². The number of hydrogen-bond donors (Lipinski definition) is 3. The van der Waals surface area contributed by atoms with Crippen LogP contribution < -0.4 is 0 Å². The molecule has 5 heteroatoms. The van der Waals surface area contributed by atoms with Crippen molar-refractivity contribution in [1.29, 1.82) is 0 Å². The molecule has 5 nitrogen and oxygen atoms in total. The first-order valence-corrected chi connectivity index (χ1v) is 9.14. The number of para-hydroxylation sites is 1. The molecule has 1 rings (SSSR count). The molecule has 26 heavy (non-hydrogen) atoms. The van der Waals surface area contributed by atoms with Crippen LogP contribution in [0.3, 0.4) is 0 Å². The van der Waals surface area contributed by atoms with Gasteiger partial charge in [0, 0.05) is 12.0 Å². The van der Waals surface area contributed by atoms with Crippen LogP contribution in [0, 0.1) is 0 Å². The van der Waals surface area contributed by atoms with Crippen LogP contribution in [0.4, 0.5) is 0 Å². The molecular formula is C21H35NO4. The highest BCUT2D eigenvalue weighted by Crippen LogP contribution is 2.34. The Morgan fingerprint density at radius 2 is 1.54 bits per heavy atom. The van der Waals surface area contributed by atoms with Crippen molar-refractivity contribution in [3.8, 4) is 5.75 Å². The monoisotopic (exact) mass is 365 g/mol. The van der Waals surface area contributed by atoms with E-state index in [9.17, 15) is 20.1 Å². The van der Waals surface area contributed by atoms with Crippen LogP contribution in [0.15, 0.2) is 18.2 Å². The third kappa shape index (κ3) is 4.98. The lowest BCUT2D eigenvalue weighted by Gasteiger charge is -2.47. The molecule has 0 unspecified atom stereocenters. The van der Waals surface area contributed by atoms with Crippen molar-refractivity contribution in [1.82, 2.24) is 4.90 Å². The van der Waals surface area contributed by atoms with Crippen molar-refractivity contribution >= 4 is 5.91 Å². The summed E-state index contributed by atoms with van der Waals surface area (Å²) in [6.45, 7) is 12.8. The second-order valence-electron chi connectivity index (χ2n) is 9.28. The Morgan fingerprint density at radius 1 is 1.00 bits per heavy atom. The van der Waals surface area contributed by atoms with Gasteiger partial charge in [0.2, 0.25) is 5.91 Å². The van der Waals surface area contributed by atoms with Crippen molar-refractivity contribution in [2.75, 3.05) is 13.2 Å². The zero-order chi connectivity index (χ0) is 20.3. The molecule has 0 aromatic heterocycles. The number of aliphatic hydroxyl groups is 2. The number of benzene rings is 1. The van der Waals surface area contributed by atoms with E-state index in [4.69, 9.17) is 0 Å². The number of phenols is 1. The maximum Gasteiger partial charge on any atom is 0.223 e. The summed E-state index contributed by atoms with van der Waals surface area (Å²) < 4.78 is 0. The lowest BCUT2D eigenvalue weighted by atomic mass is 9.84. The van der Waals surface area contributed by atoms with E-state index in [1.54, 1.807) is 11.8 Å². The standard InChI is InChI=1S/C21H35NO4/c1-19(2,3)16-10-8-9-15(18(16)26)11-12-17(25)22(20(4,5)6)21(7,13-23)14-24/h8-10,23-24,26H,11-14H2,1-7H3. The first-order valence-electron chi connectivity index (χ1n) is 9.14. The molecule has 1 amide bonds. The number of aliphatic hydroxyl groups excluding tert-OH is 2. The second kappa shape index (κ2) is 7.97. The maximum absolute atomic E-state index is 12.9. The molecule has 0 spiro atoms. The van der Waals surface area contributed by atoms with Gasteiger partial charge in [-0.1, -0.05) is 39.0 Å². The van der Waals surface area contributed by atoms with E-state index >= 15 is 0 Å². The summed E-state index contributed by atoms with van der Waals surface area (Å²) in [5.74, 6) is 0.0749. The number of aryl methyl sites for hydroxylation is 1. The minimum Gasteiger partial charge on any atom is -0.507 e. The predicted octanol–water partition coefficient (Wildman–Crippen LogP) is 2.99. The normalized spacial score (nSPS) is 13.0. The van der Waals surface area contributed by atoms with Crippen LogP contribution in [-0.2, 0) is 16.6 Å². The van der Waals surface area contributed by atoms with E-state index in [0.29, 0.717) is 6.42 Å². The van der Waals surface area contributed by atoms with E-state index in [1.807, 2.05) is 59.7 Å². The first-order chi connectivity index (χ1) is 11.8. The van der Waals surface area contributed by atoms with Crippen LogP contribution >= 0.6 is 0 Å². The summed E-state index contributed by atoms with van der Waals surface area (Å²) in [4.78, 5) is 14.5. The van der Waals surface area contributed by atoms with Gasteiger partial charge in [-0.25, -0.2) is 0 Å². The fourth-order valence-electron chi connectivity index (χ4n) is 3.43. The smallest absolute Gasteiger partial charge is 0.223 e. The van der Waals surface area contributed by atoms with Crippen LogP contribution in [0.5, 0.6) is 5.75 Å². The molecule has 3 N–H and O–H groups in total. The second-order valence-corrected chi connectivity index (χ2v) is 9.28. The number of hydrogen-bond acceptors (Lipinski definition) is 4. The third-order valence-corrected chi connectivity index (χ3v) is 4.68. The van der Waals surface area contributed by atoms with Crippen molar-refractivity contribution in [3.63, 3.8) is 0 Å². The topological polar surface area (TPSA) is 81.0 Å². The van der Waals surface area contributed by atoms with E-state index in [1.165, 1.54) is 0 Å². The summed E-state index contributed by atoms with van der Waals surface area (Å²) in [5, 5.41) is 30.0. The number of phenolic OH excluding ortho intramolecular Hbond substituents is 1. The van der Waals surface area contributed by atoms with Crippen molar-refractivity contribution in [2.24, 2.45) is 0 Å². The van der Waals surface area contributed by atoms with E-state index < -0.39 is 11.1 Å². The van der Waals surface area contributed by atoms with Gasteiger partial charge in [0.1, 0.15) is 5.75 Å². The van der Waals surface area contributed by atoms with Gasteiger partial charge in [-0.05, 0) is 50.7 Å².